The van der Waals surface area contributed by atoms with Gasteiger partial charge in [0.25, 0.3) is 0 Å². The molecule has 0 saturated heterocycles. The molecule has 0 aliphatic rings. The van der Waals surface area contributed by atoms with E-state index in [9.17, 15) is 9.59 Å². The van der Waals surface area contributed by atoms with Crippen LogP contribution in [0.1, 0.15) is 19.4 Å². The Kier molecular flexibility index (Phi) is 5.66. The van der Waals surface area contributed by atoms with Crippen LogP contribution in [0.25, 0.3) is 28.6 Å². The van der Waals surface area contributed by atoms with Crippen molar-refractivity contribution in [1.82, 2.24) is 4.98 Å². The molecular formula is C21H19NO5. The van der Waals surface area contributed by atoms with Gasteiger partial charge in [-0.3, -0.25) is 0 Å². The summed E-state index contributed by atoms with van der Waals surface area (Å²) < 4.78 is 15.6. The van der Waals surface area contributed by atoms with E-state index in [2.05, 4.69) is 4.98 Å². The lowest BCUT2D eigenvalue weighted by atomic mass is 10.1. The maximum absolute atomic E-state index is 12.0. The Labute approximate surface area is 156 Å². The van der Waals surface area contributed by atoms with E-state index in [1.165, 1.54) is 6.08 Å². The number of rotatable bonds is 6. The first-order valence-corrected chi connectivity index (χ1v) is 8.64. The van der Waals surface area contributed by atoms with E-state index >= 15 is 0 Å². The van der Waals surface area contributed by atoms with Crippen molar-refractivity contribution >= 4 is 29.1 Å². The van der Waals surface area contributed by atoms with Crippen LogP contribution in [0.3, 0.4) is 0 Å². The van der Waals surface area contributed by atoms with Crippen LogP contribution in [-0.4, -0.2) is 30.1 Å². The molecule has 0 radical (unpaired) electrons. The summed E-state index contributed by atoms with van der Waals surface area (Å²) in [5, 5.41) is 0. The molecule has 0 amide bonds. The minimum absolute atomic E-state index is 0.145. The highest BCUT2D eigenvalue weighted by atomic mass is 16.6. The fourth-order valence-electron chi connectivity index (χ4n) is 2.50. The summed E-state index contributed by atoms with van der Waals surface area (Å²) in [6, 6.07) is 14.7. The van der Waals surface area contributed by atoms with Crippen molar-refractivity contribution in [3.63, 3.8) is 0 Å². The van der Waals surface area contributed by atoms with Crippen molar-refractivity contribution in [2.75, 3.05) is 13.2 Å². The second-order valence-electron chi connectivity index (χ2n) is 5.61. The number of nitrogens with zero attached hydrogens (tertiary/aromatic N) is 1. The molecule has 0 aliphatic heterocycles. The number of oxazole rings is 1. The maximum Gasteiger partial charge on any atom is 0.345 e. The van der Waals surface area contributed by atoms with Crippen LogP contribution in [0.4, 0.5) is 0 Å². The van der Waals surface area contributed by atoms with Gasteiger partial charge in [-0.1, -0.05) is 24.3 Å². The number of para-hydroxylation sites is 2. The monoisotopic (exact) mass is 365 g/mol. The first-order valence-electron chi connectivity index (χ1n) is 8.64. The maximum atomic E-state index is 12.0. The fourth-order valence-corrected chi connectivity index (χ4v) is 2.50. The molecule has 3 rings (SSSR count). The molecular weight excluding hydrogens is 346 g/mol. The molecule has 0 bridgehead atoms. The highest BCUT2D eigenvalue weighted by Crippen LogP contribution is 2.24. The Morgan fingerprint density at radius 1 is 0.963 bits per heavy atom. The molecule has 2 aromatic carbocycles. The van der Waals surface area contributed by atoms with Crippen molar-refractivity contribution in [3.05, 3.63) is 59.7 Å². The second kappa shape index (κ2) is 8.31. The quantitative estimate of drug-likeness (QED) is 0.284. The summed E-state index contributed by atoms with van der Waals surface area (Å²) in [7, 11) is 0. The van der Waals surface area contributed by atoms with Crippen LogP contribution < -0.4 is 0 Å². The predicted octanol–water partition coefficient (Wildman–Crippen LogP) is 4.00. The van der Waals surface area contributed by atoms with Crippen LogP contribution >= 0.6 is 0 Å². The molecule has 3 aromatic rings. The van der Waals surface area contributed by atoms with Gasteiger partial charge in [0.2, 0.25) is 5.89 Å². The summed E-state index contributed by atoms with van der Waals surface area (Å²) in [5.74, 6) is -0.916. The van der Waals surface area contributed by atoms with Gasteiger partial charge in [0.15, 0.2) is 5.58 Å². The van der Waals surface area contributed by atoms with Gasteiger partial charge in [-0.2, -0.15) is 0 Å². The van der Waals surface area contributed by atoms with Crippen LogP contribution in [0, 0.1) is 0 Å². The highest BCUT2D eigenvalue weighted by molar-refractivity contribution is 6.17. The number of hydrogen-bond donors (Lipinski definition) is 0. The Hall–Kier alpha value is -3.41. The molecule has 0 unspecified atom stereocenters. The summed E-state index contributed by atoms with van der Waals surface area (Å²) in [4.78, 5) is 28.5. The van der Waals surface area contributed by atoms with Crippen LogP contribution in [0.2, 0.25) is 0 Å². The normalized spacial score (nSPS) is 10.4. The summed E-state index contributed by atoms with van der Waals surface area (Å²) in [5.41, 5.74) is 2.79. The van der Waals surface area contributed by atoms with E-state index in [1.807, 2.05) is 36.4 Å². The second-order valence-corrected chi connectivity index (χ2v) is 5.61. The van der Waals surface area contributed by atoms with Crippen LogP contribution in [-0.2, 0) is 19.1 Å². The smallest absolute Gasteiger partial charge is 0.345 e. The van der Waals surface area contributed by atoms with Crippen molar-refractivity contribution in [1.29, 1.82) is 0 Å². The minimum atomic E-state index is -0.709. The van der Waals surface area contributed by atoms with Gasteiger partial charge < -0.3 is 13.9 Å². The Morgan fingerprint density at radius 3 is 2.19 bits per heavy atom. The molecule has 27 heavy (non-hydrogen) atoms. The van der Waals surface area contributed by atoms with E-state index in [0.717, 1.165) is 11.1 Å². The lowest BCUT2D eigenvalue weighted by molar-refractivity contribution is -0.146. The largest absolute Gasteiger partial charge is 0.462 e. The molecule has 0 fully saturated rings. The van der Waals surface area contributed by atoms with E-state index in [-0.39, 0.29) is 18.8 Å². The van der Waals surface area contributed by atoms with Crippen molar-refractivity contribution < 1.29 is 23.5 Å². The number of aromatic nitrogens is 1. The average Bonchev–Trinajstić information content (AvgIpc) is 3.11. The van der Waals surface area contributed by atoms with Crippen molar-refractivity contribution in [3.8, 4) is 11.5 Å². The molecule has 6 nitrogen and oxygen atoms in total. The third-order valence-electron chi connectivity index (χ3n) is 3.75. The zero-order valence-corrected chi connectivity index (χ0v) is 15.1. The van der Waals surface area contributed by atoms with Gasteiger partial charge in [-0.15, -0.1) is 0 Å². The number of ether oxygens (including phenoxy) is 2. The summed E-state index contributed by atoms with van der Waals surface area (Å²) in [6.07, 6.45) is 1.45. The van der Waals surface area contributed by atoms with Gasteiger partial charge in [0.05, 0.1) is 13.2 Å². The Bertz CT molecular complexity index is 932. The highest BCUT2D eigenvalue weighted by Gasteiger charge is 2.21. The lowest BCUT2D eigenvalue weighted by Gasteiger charge is -2.06. The Morgan fingerprint density at radius 2 is 1.59 bits per heavy atom. The SMILES string of the molecule is CCOC(=O)C(=Cc1ccc(-c2nc3ccccc3o2)cc1)C(=O)OCC. The third-order valence-corrected chi connectivity index (χ3v) is 3.75. The van der Waals surface area contributed by atoms with Gasteiger partial charge in [-0.25, -0.2) is 14.6 Å². The molecule has 1 aromatic heterocycles. The van der Waals surface area contributed by atoms with Gasteiger partial charge in [-0.05, 0) is 49.8 Å². The van der Waals surface area contributed by atoms with E-state index < -0.39 is 11.9 Å². The minimum Gasteiger partial charge on any atom is -0.462 e. The molecule has 0 N–H and O–H groups in total. The van der Waals surface area contributed by atoms with E-state index in [4.69, 9.17) is 13.9 Å². The predicted molar refractivity (Wildman–Crippen MR) is 101 cm³/mol. The fraction of sp³-hybridized carbons (Fsp3) is 0.190. The molecule has 0 spiro atoms. The van der Waals surface area contributed by atoms with Gasteiger partial charge in [0, 0.05) is 5.56 Å². The number of esters is 2. The Balaban J connectivity index is 1.88. The average molecular weight is 365 g/mol. The first-order chi connectivity index (χ1) is 13.1. The molecule has 0 saturated carbocycles. The zero-order valence-electron chi connectivity index (χ0n) is 15.1. The summed E-state index contributed by atoms with van der Waals surface area (Å²) >= 11 is 0. The number of benzene rings is 2. The van der Waals surface area contributed by atoms with Crippen LogP contribution in [0.5, 0.6) is 0 Å². The van der Waals surface area contributed by atoms with E-state index in [0.29, 0.717) is 17.0 Å². The van der Waals surface area contributed by atoms with Gasteiger partial charge in [0.1, 0.15) is 11.1 Å². The standard InChI is InChI=1S/C21H19NO5/c1-3-25-20(23)16(21(24)26-4-2)13-14-9-11-15(12-10-14)19-22-17-7-5-6-8-18(17)27-19/h5-13H,3-4H2,1-2H3. The number of fused-ring (bicyclic) bond motifs is 1. The number of carbonyl (C=O) groups is 2. The van der Waals surface area contributed by atoms with Crippen molar-refractivity contribution in [2.24, 2.45) is 0 Å². The van der Waals surface area contributed by atoms with Gasteiger partial charge >= 0.3 is 11.9 Å². The van der Waals surface area contributed by atoms with Crippen molar-refractivity contribution in [2.45, 2.75) is 13.8 Å². The molecule has 138 valence electrons. The third kappa shape index (κ3) is 4.23. The number of carbonyl (C=O) groups excluding carboxylic acids is 2. The molecule has 1 heterocycles. The molecule has 6 heteroatoms. The lowest BCUT2D eigenvalue weighted by Crippen LogP contribution is -2.18. The number of hydrogen-bond acceptors (Lipinski definition) is 6. The zero-order chi connectivity index (χ0) is 19.2. The first kappa shape index (κ1) is 18.4. The van der Waals surface area contributed by atoms with E-state index in [1.54, 1.807) is 26.0 Å². The molecule has 0 aliphatic carbocycles. The van der Waals surface area contributed by atoms with Crippen LogP contribution in [0.15, 0.2) is 58.5 Å². The topological polar surface area (TPSA) is 78.6 Å². The molecule has 0 atom stereocenters. The summed E-state index contributed by atoms with van der Waals surface area (Å²) in [6.45, 7) is 3.70.